The van der Waals surface area contributed by atoms with Crippen molar-refractivity contribution < 1.29 is 4.42 Å². The summed E-state index contributed by atoms with van der Waals surface area (Å²) < 4.78 is 6.43. The monoisotopic (exact) mass is 855 g/mol. The van der Waals surface area contributed by atoms with E-state index in [1.807, 2.05) is 6.07 Å². The molecule has 2 nitrogen and oxygen atoms in total. The van der Waals surface area contributed by atoms with Gasteiger partial charge in [0, 0.05) is 27.8 Å². The van der Waals surface area contributed by atoms with Gasteiger partial charge in [0.25, 0.3) is 0 Å². The number of furan rings is 1. The number of hydrogen-bond donors (Lipinski definition) is 0. The third-order valence-electron chi connectivity index (χ3n) is 14.3. The standard InChI is InChI=1S/C65H45NO/c1-2-47(21-13-19-46-20-15-30-58-56-26-8-12-34-62(56)67-64(46)58)66(48-39-35-44(36-40-48)51-27-14-18-43-17-3-4-22-50(43)51)49-41-37-45(38-42-49)52-28-16-29-57-55-25-7-11-33-61(55)65(63(52)57)59-31-9-5-23-53(59)54-24-6-10-32-60(54)65/h2-18,20-42H,19H2,1H3/b21-13-,47-2+. The maximum Gasteiger partial charge on any atom is 0.138 e. The molecule has 316 valence electrons. The Morgan fingerprint density at radius 1 is 0.448 bits per heavy atom. The molecule has 0 atom stereocenters. The highest BCUT2D eigenvalue weighted by molar-refractivity contribution is 6.06. The number of rotatable bonds is 8. The Morgan fingerprint density at radius 3 is 1.63 bits per heavy atom. The summed E-state index contributed by atoms with van der Waals surface area (Å²) in [6, 6.07) is 82.3. The van der Waals surface area contributed by atoms with Crippen LogP contribution in [0.15, 0.2) is 253 Å². The number of hydrogen-bond acceptors (Lipinski definition) is 2. The molecule has 10 aromatic carbocycles. The molecule has 1 spiro atoms. The van der Waals surface area contributed by atoms with E-state index in [-0.39, 0.29) is 0 Å². The molecule has 0 unspecified atom stereocenters. The zero-order valence-electron chi connectivity index (χ0n) is 37.2. The molecule has 0 fully saturated rings. The highest BCUT2D eigenvalue weighted by Gasteiger charge is 2.52. The van der Waals surface area contributed by atoms with Gasteiger partial charge in [-0.1, -0.05) is 206 Å². The Morgan fingerprint density at radius 2 is 0.940 bits per heavy atom. The number of para-hydroxylation sites is 2. The predicted molar refractivity (Wildman–Crippen MR) is 280 cm³/mol. The summed E-state index contributed by atoms with van der Waals surface area (Å²) in [5.74, 6) is 0. The molecule has 2 heteroatoms. The van der Waals surface area contributed by atoms with Crippen LogP contribution in [0.25, 0.3) is 77.2 Å². The molecule has 0 amide bonds. The van der Waals surface area contributed by atoms with Crippen molar-refractivity contribution in [3.05, 3.63) is 276 Å². The highest BCUT2D eigenvalue weighted by atomic mass is 16.3. The largest absolute Gasteiger partial charge is 0.456 e. The Hall–Kier alpha value is -8.46. The van der Waals surface area contributed by atoms with Crippen LogP contribution >= 0.6 is 0 Å². The van der Waals surface area contributed by atoms with Gasteiger partial charge >= 0.3 is 0 Å². The molecule has 0 bridgehead atoms. The first kappa shape index (κ1) is 39.0. The third kappa shape index (κ3) is 5.96. The molecule has 1 heterocycles. The lowest BCUT2D eigenvalue weighted by Gasteiger charge is -2.32. The van der Waals surface area contributed by atoms with Crippen LogP contribution in [0.3, 0.4) is 0 Å². The van der Waals surface area contributed by atoms with Crippen molar-refractivity contribution in [2.45, 2.75) is 18.8 Å². The van der Waals surface area contributed by atoms with E-state index in [4.69, 9.17) is 4.42 Å². The van der Waals surface area contributed by atoms with Gasteiger partial charge in [-0.3, -0.25) is 0 Å². The van der Waals surface area contributed by atoms with E-state index in [0.717, 1.165) is 45.4 Å². The second kappa shape index (κ2) is 15.6. The van der Waals surface area contributed by atoms with Gasteiger partial charge < -0.3 is 9.32 Å². The van der Waals surface area contributed by atoms with E-state index in [2.05, 4.69) is 248 Å². The van der Waals surface area contributed by atoms with Gasteiger partial charge in [0.05, 0.1) is 5.41 Å². The zero-order valence-corrected chi connectivity index (χ0v) is 37.2. The van der Waals surface area contributed by atoms with Crippen LogP contribution in [0.2, 0.25) is 0 Å². The number of fused-ring (bicyclic) bond motifs is 14. The first-order chi connectivity index (χ1) is 33.2. The molecular weight excluding hydrogens is 811 g/mol. The molecule has 2 aliphatic carbocycles. The maximum absolute atomic E-state index is 6.43. The minimum atomic E-state index is -0.429. The minimum Gasteiger partial charge on any atom is -0.456 e. The number of allylic oxidation sites excluding steroid dienone is 3. The second-order valence-electron chi connectivity index (χ2n) is 17.8. The van der Waals surface area contributed by atoms with Gasteiger partial charge in [-0.15, -0.1) is 0 Å². The fourth-order valence-corrected chi connectivity index (χ4v) is 11.5. The van der Waals surface area contributed by atoms with Crippen LogP contribution < -0.4 is 4.90 Å². The molecule has 2 aliphatic rings. The van der Waals surface area contributed by atoms with Gasteiger partial charge in [-0.25, -0.2) is 0 Å². The fourth-order valence-electron chi connectivity index (χ4n) is 11.5. The van der Waals surface area contributed by atoms with E-state index in [1.165, 1.54) is 83.1 Å². The van der Waals surface area contributed by atoms with Crippen LogP contribution in [0.4, 0.5) is 11.4 Å². The first-order valence-electron chi connectivity index (χ1n) is 23.3. The van der Waals surface area contributed by atoms with Crippen molar-refractivity contribution in [2.75, 3.05) is 4.90 Å². The SMILES string of the molecule is C/C=C(\C=C/Cc1cccc2c1oc1ccccc12)N(c1ccc(-c2cccc3c2C2(c4ccccc4-c4ccccc42)c2ccccc2-3)cc1)c1ccc(-c2cccc3ccccc23)cc1. The summed E-state index contributed by atoms with van der Waals surface area (Å²) in [5.41, 5.74) is 21.4. The summed E-state index contributed by atoms with van der Waals surface area (Å²) in [7, 11) is 0. The van der Waals surface area contributed by atoms with Crippen molar-refractivity contribution in [3.63, 3.8) is 0 Å². The van der Waals surface area contributed by atoms with Crippen molar-refractivity contribution >= 4 is 44.1 Å². The summed E-state index contributed by atoms with van der Waals surface area (Å²) in [6.45, 7) is 2.13. The van der Waals surface area contributed by atoms with Gasteiger partial charge in [-0.05, 0) is 133 Å². The average Bonchev–Trinajstić information content (AvgIpc) is 4.03. The Bertz CT molecular complexity index is 3720. The third-order valence-corrected chi connectivity index (χ3v) is 14.3. The predicted octanol–water partition coefficient (Wildman–Crippen LogP) is 17.3. The summed E-state index contributed by atoms with van der Waals surface area (Å²) in [6.07, 6.45) is 7.47. The Kier molecular flexibility index (Phi) is 9.08. The lowest BCUT2D eigenvalue weighted by atomic mass is 9.68. The topological polar surface area (TPSA) is 16.4 Å². The number of anilines is 2. The van der Waals surface area contributed by atoms with Gasteiger partial charge in [0.15, 0.2) is 0 Å². The summed E-state index contributed by atoms with van der Waals surface area (Å²) >= 11 is 0. The normalized spacial score (nSPS) is 13.4. The molecule has 13 rings (SSSR count). The van der Waals surface area contributed by atoms with E-state index in [1.54, 1.807) is 0 Å². The molecule has 11 aromatic rings. The molecule has 0 radical (unpaired) electrons. The molecule has 0 N–H and O–H groups in total. The van der Waals surface area contributed by atoms with Crippen molar-refractivity contribution in [2.24, 2.45) is 0 Å². The van der Waals surface area contributed by atoms with Crippen LogP contribution in [0.5, 0.6) is 0 Å². The van der Waals surface area contributed by atoms with Crippen LogP contribution in [0, 0.1) is 0 Å². The van der Waals surface area contributed by atoms with Gasteiger partial charge in [0.2, 0.25) is 0 Å². The average molecular weight is 856 g/mol. The lowest BCUT2D eigenvalue weighted by Crippen LogP contribution is -2.26. The first-order valence-corrected chi connectivity index (χ1v) is 23.3. The molecule has 67 heavy (non-hydrogen) atoms. The lowest BCUT2D eigenvalue weighted by molar-refractivity contribution is 0.664. The second-order valence-corrected chi connectivity index (χ2v) is 17.8. The van der Waals surface area contributed by atoms with Gasteiger partial charge in [-0.2, -0.15) is 0 Å². The summed E-state index contributed by atoms with van der Waals surface area (Å²) in [5, 5.41) is 4.80. The molecule has 1 aromatic heterocycles. The number of benzene rings is 10. The Balaban J connectivity index is 0.920. The minimum absolute atomic E-state index is 0.429. The van der Waals surface area contributed by atoms with Crippen LogP contribution in [-0.2, 0) is 11.8 Å². The van der Waals surface area contributed by atoms with E-state index < -0.39 is 5.41 Å². The van der Waals surface area contributed by atoms with Gasteiger partial charge in [0.1, 0.15) is 11.2 Å². The highest BCUT2D eigenvalue weighted by Crippen LogP contribution is 2.64. The number of nitrogens with zero attached hydrogens (tertiary/aromatic N) is 1. The van der Waals surface area contributed by atoms with Crippen molar-refractivity contribution in [1.82, 2.24) is 0 Å². The smallest absolute Gasteiger partial charge is 0.138 e. The molecule has 0 saturated heterocycles. The molecule has 0 saturated carbocycles. The van der Waals surface area contributed by atoms with Crippen LogP contribution in [0.1, 0.15) is 34.7 Å². The Labute approximate surface area is 391 Å². The van der Waals surface area contributed by atoms with Crippen molar-refractivity contribution in [1.29, 1.82) is 0 Å². The molecular formula is C65H45NO. The van der Waals surface area contributed by atoms with Crippen molar-refractivity contribution in [3.8, 4) is 44.5 Å². The quantitative estimate of drug-likeness (QED) is 0.142. The maximum atomic E-state index is 6.43. The zero-order chi connectivity index (χ0) is 44.5. The van der Waals surface area contributed by atoms with E-state index >= 15 is 0 Å². The summed E-state index contributed by atoms with van der Waals surface area (Å²) in [4.78, 5) is 2.38. The fraction of sp³-hybridized carbons (Fsp3) is 0.0462. The van der Waals surface area contributed by atoms with E-state index in [0.29, 0.717) is 0 Å². The van der Waals surface area contributed by atoms with E-state index in [9.17, 15) is 0 Å². The van der Waals surface area contributed by atoms with Crippen LogP contribution in [-0.4, -0.2) is 0 Å². The molecule has 0 aliphatic heterocycles.